The van der Waals surface area contributed by atoms with Crippen molar-refractivity contribution in [1.29, 1.82) is 0 Å². The van der Waals surface area contributed by atoms with Gasteiger partial charge < -0.3 is 14.5 Å². The zero-order valence-electron chi connectivity index (χ0n) is 18.8. The Balaban J connectivity index is 1.60. The van der Waals surface area contributed by atoms with Crippen LogP contribution >= 0.6 is 11.6 Å². The van der Waals surface area contributed by atoms with Crippen LogP contribution in [-0.4, -0.2) is 57.3 Å². The normalized spacial score (nSPS) is 14.5. The first-order chi connectivity index (χ1) is 15.6. The molecule has 0 unspecified atom stereocenters. The molecule has 9 nitrogen and oxygen atoms in total. The Morgan fingerprint density at radius 1 is 1.12 bits per heavy atom. The van der Waals surface area contributed by atoms with E-state index >= 15 is 0 Å². The Labute approximate surface area is 195 Å². The van der Waals surface area contributed by atoms with E-state index in [1.54, 1.807) is 29.3 Å². The molecule has 0 atom stereocenters. The van der Waals surface area contributed by atoms with Gasteiger partial charge in [-0.05, 0) is 44.5 Å². The van der Waals surface area contributed by atoms with E-state index in [2.05, 4.69) is 14.9 Å². The van der Waals surface area contributed by atoms with Gasteiger partial charge in [-0.15, -0.1) is 0 Å². The highest BCUT2D eigenvalue weighted by atomic mass is 35.5. The standard InChI is InChI=1S/C23H26ClN5O4/c1-23(2,3)33-22(32)28-10-8-27(9-11-28)17-12-18-19(25-13-17)20(30)26-21(31)29(18)14-15-4-6-16(24)7-5-15/h4-7,12-13H,8-11,14H2,1-3H3,(H,26,30,31). The fraction of sp³-hybridized carbons (Fsp3) is 0.391. The molecule has 1 aromatic carbocycles. The first-order valence-electron chi connectivity index (χ1n) is 10.7. The van der Waals surface area contributed by atoms with Gasteiger partial charge in [-0.3, -0.25) is 14.3 Å². The molecule has 0 spiro atoms. The summed E-state index contributed by atoms with van der Waals surface area (Å²) in [6.07, 6.45) is 1.29. The van der Waals surface area contributed by atoms with Gasteiger partial charge in [0.05, 0.1) is 23.9 Å². The minimum absolute atomic E-state index is 0.194. The maximum atomic E-state index is 12.6. The Kier molecular flexibility index (Phi) is 6.16. The second-order valence-electron chi connectivity index (χ2n) is 8.99. The van der Waals surface area contributed by atoms with Gasteiger partial charge in [0.2, 0.25) is 0 Å². The summed E-state index contributed by atoms with van der Waals surface area (Å²) in [5, 5.41) is 0.604. The van der Waals surface area contributed by atoms with Crippen molar-refractivity contribution >= 4 is 34.4 Å². The highest BCUT2D eigenvalue weighted by Crippen LogP contribution is 2.21. The van der Waals surface area contributed by atoms with Crippen LogP contribution in [0.3, 0.4) is 0 Å². The number of carbonyl (C=O) groups excluding carboxylic acids is 1. The number of nitrogens with one attached hydrogen (secondary N) is 1. The van der Waals surface area contributed by atoms with Crippen LogP contribution in [0.1, 0.15) is 26.3 Å². The minimum atomic E-state index is -0.544. The maximum absolute atomic E-state index is 12.6. The fourth-order valence-electron chi connectivity index (χ4n) is 3.73. The van der Waals surface area contributed by atoms with Crippen LogP contribution in [0.5, 0.6) is 0 Å². The molecule has 1 fully saturated rings. The molecule has 1 aliphatic heterocycles. The van der Waals surface area contributed by atoms with Crippen LogP contribution in [-0.2, 0) is 11.3 Å². The van der Waals surface area contributed by atoms with Crippen LogP contribution in [0.25, 0.3) is 11.0 Å². The zero-order valence-corrected chi connectivity index (χ0v) is 19.6. The Hall–Kier alpha value is -3.33. The van der Waals surface area contributed by atoms with Gasteiger partial charge in [0.25, 0.3) is 5.56 Å². The fourth-order valence-corrected chi connectivity index (χ4v) is 3.86. The topological polar surface area (TPSA) is 101 Å². The van der Waals surface area contributed by atoms with Crippen molar-refractivity contribution in [2.45, 2.75) is 32.9 Å². The number of amides is 1. The molecule has 2 aromatic heterocycles. The molecule has 1 saturated heterocycles. The lowest BCUT2D eigenvalue weighted by molar-refractivity contribution is 0.0240. The van der Waals surface area contributed by atoms with Crippen LogP contribution in [0, 0.1) is 0 Å². The van der Waals surface area contributed by atoms with Gasteiger partial charge in [-0.25, -0.2) is 14.6 Å². The largest absolute Gasteiger partial charge is 0.444 e. The number of carbonyl (C=O) groups is 1. The zero-order chi connectivity index (χ0) is 23.8. The number of aromatic amines is 1. The number of hydrogen-bond acceptors (Lipinski definition) is 6. The average molecular weight is 472 g/mol. The molecule has 4 rings (SSSR count). The van der Waals surface area contributed by atoms with Crippen LogP contribution < -0.4 is 16.1 Å². The molecule has 3 aromatic rings. The summed E-state index contributed by atoms with van der Waals surface area (Å²) in [5.41, 5.74) is 0.717. The Morgan fingerprint density at radius 2 is 1.79 bits per heavy atom. The number of ether oxygens (including phenoxy) is 1. The predicted molar refractivity (Wildman–Crippen MR) is 127 cm³/mol. The molecule has 1 amide bonds. The van der Waals surface area contributed by atoms with Gasteiger partial charge in [0.1, 0.15) is 5.60 Å². The Morgan fingerprint density at radius 3 is 2.42 bits per heavy atom. The average Bonchev–Trinajstić information content (AvgIpc) is 2.76. The second-order valence-corrected chi connectivity index (χ2v) is 9.42. The number of fused-ring (bicyclic) bond motifs is 1. The number of pyridine rings is 1. The van der Waals surface area contributed by atoms with Crippen molar-refractivity contribution in [2.24, 2.45) is 0 Å². The summed E-state index contributed by atoms with van der Waals surface area (Å²) < 4.78 is 6.95. The summed E-state index contributed by atoms with van der Waals surface area (Å²) in [6.45, 7) is 7.95. The molecule has 174 valence electrons. The number of anilines is 1. The molecule has 1 aliphatic rings. The van der Waals surface area contributed by atoms with E-state index in [0.717, 1.165) is 11.3 Å². The minimum Gasteiger partial charge on any atom is -0.444 e. The molecule has 33 heavy (non-hydrogen) atoms. The van der Waals surface area contributed by atoms with Crippen molar-refractivity contribution in [2.75, 3.05) is 31.1 Å². The molecule has 3 heterocycles. The molecule has 0 saturated carbocycles. The van der Waals surface area contributed by atoms with Crippen molar-refractivity contribution in [3.8, 4) is 0 Å². The predicted octanol–water partition coefficient (Wildman–Crippen LogP) is 2.84. The number of benzene rings is 1. The second kappa shape index (κ2) is 8.90. The van der Waals surface area contributed by atoms with E-state index < -0.39 is 16.9 Å². The molecule has 1 N–H and O–H groups in total. The van der Waals surface area contributed by atoms with Gasteiger partial charge in [0, 0.05) is 31.2 Å². The number of halogens is 1. The van der Waals surface area contributed by atoms with Gasteiger partial charge in [0.15, 0.2) is 5.52 Å². The highest BCUT2D eigenvalue weighted by Gasteiger charge is 2.26. The maximum Gasteiger partial charge on any atom is 0.410 e. The lowest BCUT2D eigenvalue weighted by Gasteiger charge is -2.36. The summed E-state index contributed by atoms with van der Waals surface area (Å²) in [5.74, 6) is 0. The molecular formula is C23H26ClN5O4. The van der Waals surface area contributed by atoms with Gasteiger partial charge in [-0.1, -0.05) is 23.7 Å². The number of piperazine rings is 1. The lowest BCUT2D eigenvalue weighted by atomic mass is 10.2. The number of hydrogen-bond donors (Lipinski definition) is 1. The van der Waals surface area contributed by atoms with E-state index in [1.165, 1.54) is 4.57 Å². The van der Waals surface area contributed by atoms with Gasteiger partial charge >= 0.3 is 11.8 Å². The number of rotatable bonds is 3. The third kappa shape index (κ3) is 5.19. The Bertz CT molecular complexity index is 1290. The molecular weight excluding hydrogens is 446 g/mol. The smallest absolute Gasteiger partial charge is 0.410 e. The number of nitrogens with zero attached hydrogens (tertiary/aromatic N) is 4. The number of H-pyrrole nitrogens is 1. The highest BCUT2D eigenvalue weighted by molar-refractivity contribution is 6.30. The van der Waals surface area contributed by atoms with Crippen molar-refractivity contribution < 1.29 is 9.53 Å². The first-order valence-corrected chi connectivity index (χ1v) is 11.1. The first kappa shape index (κ1) is 22.8. The van der Waals surface area contributed by atoms with Crippen molar-refractivity contribution in [3.05, 3.63) is 68.0 Å². The molecule has 0 radical (unpaired) electrons. The van der Waals surface area contributed by atoms with E-state index in [1.807, 2.05) is 32.9 Å². The monoisotopic (exact) mass is 471 g/mol. The van der Waals surface area contributed by atoms with Crippen LogP contribution in [0.4, 0.5) is 10.5 Å². The van der Waals surface area contributed by atoms with E-state index in [0.29, 0.717) is 36.7 Å². The SMILES string of the molecule is CC(C)(C)OC(=O)N1CCN(c2cnc3c(=O)[nH]c(=O)n(Cc4ccc(Cl)cc4)c3c2)CC1. The summed E-state index contributed by atoms with van der Waals surface area (Å²) >= 11 is 5.97. The lowest BCUT2D eigenvalue weighted by Crippen LogP contribution is -2.50. The van der Waals surface area contributed by atoms with Crippen molar-refractivity contribution in [1.82, 2.24) is 19.4 Å². The van der Waals surface area contributed by atoms with E-state index in [9.17, 15) is 14.4 Å². The summed E-state index contributed by atoms with van der Waals surface area (Å²) in [6, 6.07) is 8.98. The third-order valence-electron chi connectivity index (χ3n) is 5.38. The third-order valence-corrected chi connectivity index (χ3v) is 5.63. The van der Waals surface area contributed by atoms with Crippen LogP contribution in [0.15, 0.2) is 46.1 Å². The van der Waals surface area contributed by atoms with E-state index in [-0.39, 0.29) is 18.2 Å². The van der Waals surface area contributed by atoms with Crippen molar-refractivity contribution in [3.63, 3.8) is 0 Å². The summed E-state index contributed by atoms with van der Waals surface area (Å²) in [7, 11) is 0. The van der Waals surface area contributed by atoms with E-state index in [4.69, 9.17) is 16.3 Å². The molecule has 0 aliphatic carbocycles. The van der Waals surface area contributed by atoms with Crippen LogP contribution in [0.2, 0.25) is 5.02 Å². The quantitative estimate of drug-likeness (QED) is 0.630. The summed E-state index contributed by atoms with van der Waals surface area (Å²) in [4.78, 5) is 47.7. The number of aromatic nitrogens is 3. The molecule has 10 heteroatoms. The molecule has 0 bridgehead atoms. The van der Waals surface area contributed by atoms with Gasteiger partial charge in [-0.2, -0.15) is 0 Å².